The van der Waals surface area contributed by atoms with Gasteiger partial charge < -0.3 is 14.7 Å². The lowest BCUT2D eigenvalue weighted by molar-refractivity contribution is -0.137. The molecule has 0 aliphatic carbocycles. The SMILES string of the molecule is C[C@H](OCc1ccccc1)[C@@H]1N=C(c2ccccc2)c2ccccc2N(CCCCC(=O)O)C1=O. The number of fused-ring (bicyclic) bond motifs is 1. The molecule has 6 nitrogen and oxygen atoms in total. The number of nitrogens with zero attached hydrogens (tertiary/aromatic N) is 2. The fourth-order valence-electron chi connectivity index (χ4n) is 4.25. The van der Waals surface area contributed by atoms with Gasteiger partial charge in [0, 0.05) is 24.1 Å². The second-order valence-electron chi connectivity index (χ2n) is 8.65. The van der Waals surface area contributed by atoms with Crippen LogP contribution in [0.5, 0.6) is 0 Å². The van der Waals surface area contributed by atoms with E-state index in [1.807, 2.05) is 91.9 Å². The zero-order valence-corrected chi connectivity index (χ0v) is 19.8. The zero-order valence-electron chi connectivity index (χ0n) is 19.8. The minimum Gasteiger partial charge on any atom is -0.481 e. The maximum Gasteiger partial charge on any atom is 0.303 e. The quantitative estimate of drug-likeness (QED) is 0.418. The minimum absolute atomic E-state index is 0.0788. The molecule has 6 heteroatoms. The maximum atomic E-state index is 13.9. The lowest BCUT2D eigenvalue weighted by Crippen LogP contribution is -2.44. The van der Waals surface area contributed by atoms with Crippen LogP contribution in [0.4, 0.5) is 5.69 Å². The van der Waals surface area contributed by atoms with Crippen LogP contribution < -0.4 is 4.90 Å². The van der Waals surface area contributed by atoms with Crippen LogP contribution in [-0.2, 0) is 20.9 Å². The molecule has 0 aromatic heterocycles. The first kappa shape index (κ1) is 24.4. The summed E-state index contributed by atoms with van der Waals surface area (Å²) in [5.74, 6) is -0.970. The normalized spacial score (nSPS) is 16.3. The number of benzodiazepines with no additional fused rings is 1. The highest BCUT2D eigenvalue weighted by atomic mass is 16.5. The summed E-state index contributed by atoms with van der Waals surface area (Å²) in [6.07, 6.45) is 0.699. The Labute approximate surface area is 205 Å². The van der Waals surface area contributed by atoms with Crippen molar-refractivity contribution in [3.05, 3.63) is 102 Å². The first-order valence-corrected chi connectivity index (χ1v) is 12.0. The molecule has 180 valence electrons. The largest absolute Gasteiger partial charge is 0.481 e. The van der Waals surface area contributed by atoms with Gasteiger partial charge >= 0.3 is 5.97 Å². The number of carbonyl (C=O) groups is 2. The number of benzene rings is 3. The Balaban J connectivity index is 1.68. The van der Waals surface area contributed by atoms with E-state index in [-0.39, 0.29) is 12.3 Å². The third-order valence-corrected chi connectivity index (χ3v) is 6.11. The number of carboxylic acid groups (broad SMARTS) is 1. The molecule has 0 saturated carbocycles. The number of carbonyl (C=O) groups excluding carboxylic acids is 1. The first-order valence-electron chi connectivity index (χ1n) is 12.0. The molecule has 1 aliphatic heterocycles. The fourth-order valence-corrected chi connectivity index (χ4v) is 4.25. The Morgan fingerprint density at radius 1 is 0.971 bits per heavy atom. The van der Waals surface area contributed by atoms with Gasteiger partial charge in [-0.05, 0) is 31.4 Å². The van der Waals surface area contributed by atoms with Crippen LogP contribution in [0.25, 0.3) is 0 Å². The van der Waals surface area contributed by atoms with Gasteiger partial charge in [0.1, 0.15) is 0 Å². The van der Waals surface area contributed by atoms with Gasteiger partial charge in [-0.2, -0.15) is 0 Å². The Kier molecular flexibility index (Phi) is 8.06. The summed E-state index contributed by atoms with van der Waals surface area (Å²) >= 11 is 0. The molecule has 1 amide bonds. The predicted molar refractivity (Wildman–Crippen MR) is 137 cm³/mol. The summed E-state index contributed by atoms with van der Waals surface area (Å²) in [6, 6.07) is 26.8. The minimum atomic E-state index is -0.830. The average Bonchev–Trinajstić information content (AvgIpc) is 3.00. The van der Waals surface area contributed by atoms with Crippen LogP contribution in [0, 0.1) is 0 Å². The number of hydrogen-bond donors (Lipinski definition) is 1. The smallest absolute Gasteiger partial charge is 0.303 e. The Bertz CT molecular complexity index is 1180. The molecule has 0 bridgehead atoms. The number of aliphatic imine (C=N–C) groups is 1. The molecule has 1 heterocycles. The summed E-state index contributed by atoms with van der Waals surface area (Å²) < 4.78 is 6.15. The predicted octanol–water partition coefficient (Wildman–Crippen LogP) is 5.10. The van der Waals surface area contributed by atoms with Gasteiger partial charge in [0.05, 0.1) is 24.1 Å². The topological polar surface area (TPSA) is 79.2 Å². The third kappa shape index (κ3) is 6.03. The van der Waals surface area contributed by atoms with Crippen molar-refractivity contribution in [1.29, 1.82) is 0 Å². The van der Waals surface area contributed by atoms with E-state index in [1.165, 1.54) is 0 Å². The van der Waals surface area contributed by atoms with Crippen LogP contribution in [0.3, 0.4) is 0 Å². The van der Waals surface area contributed by atoms with Gasteiger partial charge in [-0.25, -0.2) is 0 Å². The zero-order chi connectivity index (χ0) is 24.6. The molecule has 0 spiro atoms. The summed E-state index contributed by atoms with van der Waals surface area (Å²) in [6.45, 7) is 2.69. The molecule has 2 atom stereocenters. The summed E-state index contributed by atoms with van der Waals surface area (Å²) in [4.78, 5) is 31.6. The molecule has 4 rings (SSSR count). The van der Waals surface area contributed by atoms with E-state index in [9.17, 15) is 9.59 Å². The second kappa shape index (κ2) is 11.6. The number of unbranched alkanes of at least 4 members (excludes halogenated alkanes) is 1. The fraction of sp³-hybridized carbons (Fsp3) is 0.276. The number of para-hydroxylation sites is 1. The van der Waals surface area contributed by atoms with Crippen molar-refractivity contribution >= 4 is 23.3 Å². The lowest BCUT2D eigenvalue weighted by Gasteiger charge is -2.27. The van der Waals surface area contributed by atoms with Crippen molar-refractivity contribution in [1.82, 2.24) is 0 Å². The van der Waals surface area contributed by atoms with Crippen molar-refractivity contribution in [2.45, 2.75) is 44.9 Å². The van der Waals surface area contributed by atoms with Gasteiger partial charge in [0.15, 0.2) is 6.04 Å². The van der Waals surface area contributed by atoms with E-state index in [0.717, 1.165) is 28.1 Å². The highest BCUT2D eigenvalue weighted by molar-refractivity contribution is 6.20. The Morgan fingerprint density at radius 2 is 1.63 bits per heavy atom. The van der Waals surface area contributed by atoms with Crippen LogP contribution in [0.15, 0.2) is 89.9 Å². The van der Waals surface area contributed by atoms with Crippen molar-refractivity contribution in [3.63, 3.8) is 0 Å². The number of ether oxygens (including phenoxy) is 1. The molecule has 35 heavy (non-hydrogen) atoms. The van der Waals surface area contributed by atoms with E-state index in [4.69, 9.17) is 14.8 Å². The highest BCUT2D eigenvalue weighted by Gasteiger charge is 2.35. The second-order valence-corrected chi connectivity index (χ2v) is 8.65. The summed E-state index contributed by atoms with van der Waals surface area (Å²) in [5.41, 5.74) is 4.38. The number of aliphatic carboxylic acids is 1. The molecule has 0 radical (unpaired) electrons. The molecular formula is C29H30N2O4. The molecule has 0 unspecified atom stereocenters. The first-order chi connectivity index (χ1) is 17.0. The Morgan fingerprint density at radius 3 is 2.34 bits per heavy atom. The number of rotatable bonds is 10. The molecule has 0 saturated heterocycles. The van der Waals surface area contributed by atoms with E-state index >= 15 is 0 Å². The monoisotopic (exact) mass is 470 g/mol. The van der Waals surface area contributed by atoms with Gasteiger partial charge in [0.2, 0.25) is 0 Å². The number of hydrogen-bond acceptors (Lipinski definition) is 4. The molecule has 0 fully saturated rings. The van der Waals surface area contributed by atoms with Crippen LogP contribution in [-0.4, -0.2) is 41.4 Å². The summed E-state index contributed by atoms with van der Waals surface area (Å²) in [7, 11) is 0. The van der Waals surface area contributed by atoms with Crippen LogP contribution in [0.1, 0.15) is 42.9 Å². The van der Waals surface area contributed by atoms with E-state index in [0.29, 0.717) is 26.0 Å². The van der Waals surface area contributed by atoms with Crippen LogP contribution in [0.2, 0.25) is 0 Å². The Hall–Kier alpha value is -3.77. The van der Waals surface area contributed by atoms with Crippen LogP contribution >= 0.6 is 0 Å². The molecular weight excluding hydrogens is 440 g/mol. The van der Waals surface area contributed by atoms with Gasteiger partial charge in [-0.3, -0.25) is 14.6 Å². The maximum absolute atomic E-state index is 13.9. The standard InChI is InChI=1S/C29H30N2O4/c1-21(35-20-22-12-4-2-5-13-22)27-29(34)31(19-11-10-18-26(32)33)25-17-9-8-16-24(25)28(30-27)23-14-6-3-7-15-23/h2-9,12-17,21,27H,10-11,18-20H2,1H3,(H,32,33)/t21-,27-/m0/s1. The van der Waals surface area contributed by atoms with Crippen molar-refractivity contribution in [2.24, 2.45) is 4.99 Å². The van der Waals surface area contributed by atoms with Crippen molar-refractivity contribution < 1.29 is 19.4 Å². The van der Waals surface area contributed by atoms with Gasteiger partial charge in [0.25, 0.3) is 5.91 Å². The van der Waals surface area contributed by atoms with Gasteiger partial charge in [-0.1, -0.05) is 78.9 Å². The van der Waals surface area contributed by atoms with E-state index in [1.54, 1.807) is 4.90 Å². The summed E-state index contributed by atoms with van der Waals surface area (Å²) in [5, 5.41) is 9.02. The molecule has 3 aromatic rings. The van der Waals surface area contributed by atoms with E-state index < -0.39 is 18.1 Å². The molecule has 1 N–H and O–H groups in total. The van der Waals surface area contributed by atoms with Crippen molar-refractivity contribution in [2.75, 3.05) is 11.4 Å². The number of anilines is 1. The number of amides is 1. The van der Waals surface area contributed by atoms with Crippen molar-refractivity contribution in [3.8, 4) is 0 Å². The molecule has 3 aromatic carbocycles. The molecule has 1 aliphatic rings. The van der Waals surface area contributed by atoms with E-state index in [2.05, 4.69) is 0 Å². The number of carboxylic acids is 1. The third-order valence-electron chi connectivity index (χ3n) is 6.11. The van der Waals surface area contributed by atoms with Gasteiger partial charge in [-0.15, -0.1) is 0 Å². The lowest BCUT2D eigenvalue weighted by atomic mass is 10.00. The average molecular weight is 471 g/mol. The highest BCUT2D eigenvalue weighted by Crippen LogP contribution is 2.30.